The summed E-state index contributed by atoms with van der Waals surface area (Å²) < 4.78 is 1.46. The first kappa shape index (κ1) is 15.5. The van der Waals surface area contributed by atoms with Gasteiger partial charge in [0, 0.05) is 5.39 Å². The molecule has 1 aromatic heterocycles. The number of benzene rings is 2. The summed E-state index contributed by atoms with van der Waals surface area (Å²) in [6.07, 6.45) is 1.20. The zero-order valence-corrected chi connectivity index (χ0v) is 13.3. The molecule has 2 aromatic carbocycles. The second-order valence-electron chi connectivity index (χ2n) is 4.83. The normalized spacial score (nSPS) is 10.7. The molecule has 0 aliphatic rings. The number of aromatic nitrogens is 2. The standard InChI is InChI=1S/C16H11Cl2N3O2/c17-11-5-3-6-12(16(11)18)20-15(23)9-21-13-7-2-1-4-10(13)14(22)8-19-21/h1-8H,9H2,(H,20,23). The molecule has 3 rings (SSSR count). The van der Waals surface area contributed by atoms with Gasteiger partial charge in [-0.15, -0.1) is 0 Å². The number of halogens is 2. The quantitative estimate of drug-likeness (QED) is 0.790. The molecule has 0 aliphatic carbocycles. The summed E-state index contributed by atoms with van der Waals surface area (Å²) in [6.45, 7) is -0.0519. The lowest BCUT2D eigenvalue weighted by atomic mass is 10.2. The van der Waals surface area contributed by atoms with Gasteiger partial charge in [0.25, 0.3) is 0 Å². The molecule has 23 heavy (non-hydrogen) atoms. The fourth-order valence-electron chi connectivity index (χ4n) is 2.21. The van der Waals surface area contributed by atoms with Crippen LogP contribution in [0.2, 0.25) is 10.0 Å². The fraction of sp³-hybridized carbons (Fsp3) is 0.0625. The fourth-order valence-corrected chi connectivity index (χ4v) is 2.56. The molecule has 0 unspecified atom stereocenters. The van der Waals surface area contributed by atoms with E-state index in [1.807, 2.05) is 0 Å². The van der Waals surface area contributed by atoms with Gasteiger partial charge in [-0.05, 0) is 24.3 Å². The third kappa shape index (κ3) is 3.21. The van der Waals surface area contributed by atoms with E-state index < -0.39 is 0 Å². The summed E-state index contributed by atoms with van der Waals surface area (Å²) >= 11 is 12.0. The third-order valence-electron chi connectivity index (χ3n) is 3.28. The minimum Gasteiger partial charge on any atom is -0.323 e. The number of rotatable bonds is 3. The minimum atomic E-state index is -0.324. The van der Waals surface area contributed by atoms with Crippen molar-refractivity contribution in [2.24, 2.45) is 0 Å². The summed E-state index contributed by atoms with van der Waals surface area (Å²) in [5, 5.41) is 7.84. The summed E-state index contributed by atoms with van der Waals surface area (Å²) in [6, 6.07) is 12.0. The molecule has 7 heteroatoms. The molecule has 0 radical (unpaired) electrons. The van der Waals surface area contributed by atoms with E-state index in [1.54, 1.807) is 42.5 Å². The van der Waals surface area contributed by atoms with Crippen molar-refractivity contribution in [2.45, 2.75) is 6.54 Å². The van der Waals surface area contributed by atoms with Crippen LogP contribution in [0, 0.1) is 0 Å². The SMILES string of the molecule is O=C(Cn1ncc(=O)c2ccccc21)Nc1cccc(Cl)c1Cl. The van der Waals surface area contributed by atoms with Crippen molar-refractivity contribution < 1.29 is 4.79 Å². The van der Waals surface area contributed by atoms with Crippen molar-refractivity contribution >= 4 is 45.7 Å². The molecule has 1 N–H and O–H groups in total. The highest BCUT2D eigenvalue weighted by atomic mass is 35.5. The average Bonchev–Trinajstić information content (AvgIpc) is 2.55. The average molecular weight is 348 g/mol. The van der Waals surface area contributed by atoms with E-state index in [4.69, 9.17) is 23.2 Å². The molecule has 0 fully saturated rings. The van der Waals surface area contributed by atoms with Crippen LogP contribution in [0.1, 0.15) is 0 Å². The molecule has 5 nitrogen and oxygen atoms in total. The van der Waals surface area contributed by atoms with Gasteiger partial charge in [0.1, 0.15) is 6.54 Å². The Kier molecular flexibility index (Phi) is 4.32. The molecule has 0 saturated heterocycles. The van der Waals surface area contributed by atoms with Crippen LogP contribution in [-0.2, 0) is 11.3 Å². The second kappa shape index (κ2) is 6.40. The maximum Gasteiger partial charge on any atom is 0.246 e. The maximum atomic E-state index is 12.2. The van der Waals surface area contributed by atoms with E-state index in [9.17, 15) is 9.59 Å². The van der Waals surface area contributed by atoms with Gasteiger partial charge in [0.05, 0.1) is 27.4 Å². The molecule has 116 valence electrons. The van der Waals surface area contributed by atoms with E-state index in [1.165, 1.54) is 10.9 Å². The minimum absolute atomic E-state index is 0.0519. The van der Waals surface area contributed by atoms with Gasteiger partial charge in [0.2, 0.25) is 11.3 Å². The van der Waals surface area contributed by atoms with Crippen LogP contribution in [0.15, 0.2) is 53.5 Å². The van der Waals surface area contributed by atoms with Crippen LogP contribution in [0.25, 0.3) is 10.9 Å². The molecular weight excluding hydrogens is 337 g/mol. The number of hydrogen-bond donors (Lipinski definition) is 1. The van der Waals surface area contributed by atoms with Crippen LogP contribution in [0.3, 0.4) is 0 Å². The van der Waals surface area contributed by atoms with E-state index >= 15 is 0 Å². The van der Waals surface area contributed by atoms with Gasteiger partial charge in [-0.2, -0.15) is 5.10 Å². The number of anilines is 1. The Bertz CT molecular complexity index is 953. The molecule has 0 saturated carbocycles. The molecule has 0 spiro atoms. The largest absolute Gasteiger partial charge is 0.323 e. The second-order valence-corrected chi connectivity index (χ2v) is 5.62. The van der Waals surface area contributed by atoms with Crippen molar-refractivity contribution in [3.05, 3.63) is 68.9 Å². The first-order valence-corrected chi connectivity index (χ1v) is 7.50. The number of nitrogens with one attached hydrogen (secondary N) is 1. The summed E-state index contributed by atoms with van der Waals surface area (Å²) in [7, 11) is 0. The predicted molar refractivity (Wildman–Crippen MR) is 91.1 cm³/mol. The van der Waals surface area contributed by atoms with Crippen LogP contribution in [0.4, 0.5) is 5.69 Å². The summed E-state index contributed by atoms with van der Waals surface area (Å²) in [5.41, 5.74) is 0.831. The van der Waals surface area contributed by atoms with Crippen molar-refractivity contribution in [2.75, 3.05) is 5.32 Å². The number of carbonyl (C=O) groups excluding carboxylic acids is 1. The topological polar surface area (TPSA) is 64.0 Å². The predicted octanol–water partition coefficient (Wildman–Crippen LogP) is 3.34. The van der Waals surface area contributed by atoms with Crippen LogP contribution in [0.5, 0.6) is 0 Å². The number of carbonyl (C=O) groups is 1. The molecule has 0 aliphatic heterocycles. The lowest BCUT2D eigenvalue weighted by molar-refractivity contribution is -0.116. The van der Waals surface area contributed by atoms with E-state index in [0.29, 0.717) is 21.6 Å². The van der Waals surface area contributed by atoms with Crippen molar-refractivity contribution in [1.82, 2.24) is 9.78 Å². The monoisotopic (exact) mass is 347 g/mol. The van der Waals surface area contributed by atoms with Gasteiger partial charge in [-0.1, -0.05) is 41.4 Å². The lowest BCUT2D eigenvalue weighted by Crippen LogP contribution is -2.22. The number of amides is 1. The molecule has 0 bridgehead atoms. The lowest BCUT2D eigenvalue weighted by Gasteiger charge is -2.11. The molecule has 0 atom stereocenters. The Morgan fingerprint density at radius 1 is 1.13 bits per heavy atom. The van der Waals surface area contributed by atoms with Crippen molar-refractivity contribution in [1.29, 1.82) is 0 Å². The van der Waals surface area contributed by atoms with Crippen molar-refractivity contribution in [3.63, 3.8) is 0 Å². The molecular formula is C16H11Cl2N3O2. The molecule has 1 amide bonds. The van der Waals surface area contributed by atoms with E-state index in [0.717, 1.165) is 0 Å². The zero-order chi connectivity index (χ0) is 16.4. The zero-order valence-electron chi connectivity index (χ0n) is 11.8. The van der Waals surface area contributed by atoms with Crippen LogP contribution in [-0.4, -0.2) is 15.7 Å². The summed E-state index contributed by atoms with van der Waals surface area (Å²) in [5.74, 6) is -0.324. The molecule has 3 aromatic rings. The molecule has 1 heterocycles. The van der Waals surface area contributed by atoms with Gasteiger partial charge >= 0.3 is 0 Å². The van der Waals surface area contributed by atoms with Gasteiger partial charge < -0.3 is 5.32 Å². The number of hydrogen-bond acceptors (Lipinski definition) is 3. The van der Waals surface area contributed by atoms with E-state index in [2.05, 4.69) is 10.4 Å². The van der Waals surface area contributed by atoms with Gasteiger partial charge in [-0.3, -0.25) is 14.3 Å². The third-order valence-corrected chi connectivity index (χ3v) is 4.10. The number of para-hydroxylation sites is 1. The smallest absolute Gasteiger partial charge is 0.246 e. The highest BCUT2D eigenvalue weighted by Crippen LogP contribution is 2.29. The first-order valence-electron chi connectivity index (χ1n) is 6.75. The Hall–Kier alpha value is -2.37. The Labute approximate surface area is 141 Å². The first-order chi connectivity index (χ1) is 11.1. The number of fused-ring (bicyclic) bond motifs is 1. The van der Waals surface area contributed by atoms with Crippen LogP contribution >= 0.6 is 23.2 Å². The van der Waals surface area contributed by atoms with Crippen molar-refractivity contribution in [3.8, 4) is 0 Å². The highest BCUT2D eigenvalue weighted by molar-refractivity contribution is 6.43. The van der Waals surface area contributed by atoms with Gasteiger partial charge in [0.15, 0.2) is 0 Å². The van der Waals surface area contributed by atoms with E-state index in [-0.39, 0.29) is 22.9 Å². The Balaban J connectivity index is 1.88. The van der Waals surface area contributed by atoms with Crippen LogP contribution < -0.4 is 10.7 Å². The summed E-state index contributed by atoms with van der Waals surface area (Å²) in [4.78, 5) is 24.0. The highest BCUT2D eigenvalue weighted by Gasteiger charge is 2.11. The van der Waals surface area contributed by atoms with Gasteiger partial charge in [-0.25, -0.2) is 0 Å². The Morgan fingerprint density at radius 3 is 2.74 bits per heavy atom. The number of nitrogens with zero attached hydrogens (tertiary/aromatic N) is 2. The maximum absolute atomic E-state index is 12.2. The Morgan fingerprint density at radius 2 is 1.91 bits per heavy atom.